The summed E-state index contributed by atoms with van der Waals surface area (Å²) >= 11 is 0. The van der Waals surface area contributed by atoms with Crippen molar-refractivity contribution >= 4 is 12.1 Å². The number of nitrogens with zero attached hydrogens (tertiary/aromatic N) is 1. The molecule has 3 rings (SSSR count). The smallest absolute Gasteiger partial charge is 0.410 e. The lowest BCUT2D eigenvalue weighted by Gasteiger charge is -2.22. The highest BCUT2D eigenvalue weighted by Gasteiger charge is 2.20. The number of halogens is 2. The molecule has 0 aliphatic heterocycles. The molecule has 0 atom stereocenters. The van der Waals surface area contributed by atoms with Crippen molar-refractivity contribution in [3.8, 4) is 22.6 Å². The Morgan fingerprint density at radius 3 is 2.28 bits per heavy atom. The Morgan fingerprint density at radius 2 is 1.64 bits per heavy atom. The van der Waals surface area contributed by atoms with Crippen LogP contribution in [0.4, 0.5) is 13.6 Å². The van der Waals surface area contributed by atoms with Crippen molar-refractivity contribution in [1.29, 1.82) is 0 Å². The fourth-order valence-electron chi connectivity index (χ4n) is 3.48. The van der Waals surface area contributed by atoms with E-state index in [4.69, 9.17) is 19.3 Å². The van der Waals surface area contributed by atoms with E-state index < -0.39 is 30.2 Å². The first-order valence-electron chi connectivity index (χ1n) is 11.2. The Bertz CT molecular complexity index is 1210. The molecule has 0 aliphatic rings. The van der Waals surface area contributed by atoms with E-state index >= 15 is 0 Å². The molecule has 0 aromatic heterocycles. The molecule has 0 heterocycles. The van der Waals surface area contributed by atoms with Gasteiger partial charge in [0.05, 0.1) is 13.2 Å². The van der Waals surface area contributed by atoms with Gasteiger partial charge in [-0.05, 0) is 48.7 Å². The summed E-state index contributed by atoms with van der Waals surface area (Å²) in [4.78, 5) is 24.6. The quantitative estimate of drug-likeness (QED) is 0.388. The van der Waals surface area contributed by atoms with Crippen LogP contribution in [0.25, 0.3) is 11.1 Å². The summed E-state index contributed by atoms with van der Waals surface area (Å²) in [6.07, 6.45) is -1.07. The number of rotatable bonds is 10. The maximum Gasteiger partial charge on any atom is 0.410 e. The third-order valence-electron chi connectivity index (χ3n) is 5.10. The van der Waals surface area contributed by atoms with E-state index in [2.05, 4.69) is 0 Å². The third kappa shape index (κ3) is 7.18. The van der Waals surface area contributed by atoms with Crippen LogP contribution in [0.3, 0.4) is 0 Å². The van der Waals surface area contributed by atoms with Gasteiger partial charge in [0.25, 0.3) is 0 Å². The molecule has 3 aromatic carbocycles. The number of aliphatic carboxylic acids is 1. The molecule has 0 saturated heterocycles. The summed E-state index contributed by atoms with van der Waals surface area (Å²) in [5.41, 5.74) is 2.58. The third-order valence-corrected chi connectivity index (χ3v) is 5.10. The topological polar surface area (TPSA) is 85.3 Å². The zero-order chi connectivity index (χ0) is 26.2. The number of methoxy groups -OCH3 is 1. The van der Waals surface area contributed by atoms with Gasteiger partial charge in [0, 0.05) is 18.2 Å². The average Bonchev–Trinajstić information content (AvgIpc) is 2.83. The second kappa shape index (κ2) is 12.0. The predicted molar refractivity (Wildman–Crippen MR) is 129 cm³/mol. The number of hydrogen-bond acceptors (Lipinski definition) is 5. The van der Waals surface area contributed by atoms with Crippen LogP contribution in [0.2, 0.25) is 0 Å². The van der Waals surface area contributed by atoms with Gasteiger partial charge < -0.3 is 19.3 Å². The van der Waals surface area contributed by atoms with Gasteiger partial charge >= 0.3 is 12.1 Å². The summed E-state index contributed by atoms with van der Waals surface area (Å²) < 4.78 is 43.4. The van der Waals surface area contributed by atoms with Crippen molar-refractivity contribution in [2.75, 3.05) is 13.7 Å². The van der Waals surface area contributed by atoms with Crippen LogP contribution >= 0.6 is 0 Å². The van der Waals surface area contributed by atoms with Crippen LogP contribution < -0.4 is 9.47 Å². The van der Waals surface area contributed by atoms with Crippen molar-refractivity contribution in [2.45, 2.75) is 33.1 Å². The van der Waals surface area contributed by atoms with Gasteiger partial charge in [0.2, 0.25) is 0 Å². The fraction of sp³-hybridized carbons (Fsp3) is 0.259. The lowest BCUT2D eigenvalue weighted by molar-refractivity contribution is -0.138. The highest BCUT2D eigenvalue weighted by molar-refractivity contribution is 5.76. The van der Waals surface area contributed by atoms with Crippen molar-refractivity contribution in [1.82, 2.24) is 4.90 Å². The number of carboxylic acids is 1. The van der Waals surface area contributed by atoms with E-state index in [-0.39, 0.29) is 25.0 Å². The molecule has 0 aliphatic carbocycles. The van der Waals surface area contributed by atoms with Crippen molar-refractivity contribution in [3.05, 3.63) is 83.4 Å². The van der Waals surface area contributed by atoms with Crippen LogP contribution in [0.5, 0.6) is 11.5 Å². The minimum Gasteiger partial charge on any atom is -0.496 e. The molecule has 36 heavy (non-hydrogen) atoms. The monoisotopic (exact) mass is 499 g/mol. The van der Waals surface area contributed by atoms with Gasteiger partial charge in [-0.25, -0.2) is 13.6 Å². The van der Waals surface area contributed by atoms with Gasteiger partial charge in [0.15, 0.2) is 11.6 Å². The molecule has 0 spiro atoms. The van der Waals surface area contributed by atoms with Gasteiger partial charge in [-0.15, -0.1) is 0 Å². The molecular weight excluding hydrogens is 472 g/mol. The molecule has 1 amide bonds. The summed E-state index contributed by atoms with van der Waals surface area (Å²) in [6, 6.07) is 16.2. The summed E-state index contributed by atoms with van der Waals surface area (Å²) in [6.45, 7) is 3.18. The van der Waals surface area contributed by atoms with Crippen molar-refractivity contribution in [2.24, 2.45) is 0 Å². The van der Waals surface area contributed by atoms with Gasteiger partial charge in [-0.1, -0.05) is 36.4 Å². The highest BCUT2D eigenvalue weighted by Crippen LogP contribution is 2.33. The Kier molecular flexibility index (Phi) is 8.83. The number of amides is 1. The number of carbonyl (C=O) groups is 2. The summed E-state index contributed by atoms with van der Waals surface area (Å²) in [5, 5.41) is 9.15. The molecule has 0 saturated carbocycles. The van der Waals surface area contributed by atoms with E-state index in [0.29, 0.717) is 16.9 Å². The van der Waals surface area contributed by atoms with E-state index in [1.54, 1.807) is 50.2 Å². The SMILES string of the molecule is COc1cc(F)c(F)cc1-c1ccc(OCc2cccc(CN(CC(=O)O)C(=O)OC(C)C)c2)cc1. The standard InChI is InChI=1S/C27H27F2NO6/c1-17(2)36-27(33)30(15-26(31)32)14-18-5-4-6-19(11-18)16-35-21-9-7-20(8-10-21)22-12-23(28)24(29)13-25(22)34-3/h4-13,17H,14-16H2,1-3H3,(H,31,32). The fourth-order valence-corrected chi connectivity index (χ4v) is 3.48. The van der Waals surface area contributed by atoms with Crippen molar-refractivity contribution < 1.29 is 37.7 Å². The Labute approximate surface area is 207 Å². The minimum atomic E-state index is -1.14. The Balaban J connectivity index is 1.67. The number of hydrogen-bond donors (Lipinski definition) is 1. The summed E-state index contributed by atoms with van der Waals surface area (Å²) in [5.74, 6) is -2.32. The van der Waals surface area contributed by atoms with Gasteiger partial charge in [-0.3, -0.25) is 9.69 Å². The van der Waals surface area contributed by atoms with Gasteiger partial charge in [0.1, 0.15) is 24.7 Å². The largest absolute Gasteiger partial charge is 0.496 e. The van der Waals surface area contributed by atoms with E-state index in [9.17, 15) is 18.4 Å². The van der Waals surface area contributed by atoms with Crippen LogP contribution in [-0.4, -0.2) is 41.8 Å². The number of carboxylic acid groups (broad SMARTS) is 1. The van der Waals surface area contributed by atoms with E-state index in [1.807, 2.05) is 12.1 Å². The molecule has 0 unspecified atom stereocenters. The molecule has 0 fully saturated rings. The van der Waals surface area contributed by atoms with Crippen molar-refractivity contribution in [3.63, 3.8) is 0 Å². The minimum absolute atomic E-state index is 0.0659. The lowest BCUT2D eigenvalue weighted by Crippen LogP contribution is -2.36. The Morgan fingerprint density at radius 1 is 0.972 bits per heavy atom. The average molecular weight is 500 g/mol. The molecular formula is C27H27F2NO6. The van der Waals surface area contributed by atoms with E-state index in [0.717, 1.165) is 28.2 Å². The number of carbonyl (C=O) groups excluding carboxylic acids is 1. The molecule has 3 aromatic rings. The number of ether oxygens (including phenoxy) is 3. The molecule has 1 N–H and O–H groups in total. The summed E-state index contributed by atoms with van der Waals surface area (Å²) in [7, 11) is 1.38. The van der Waals surface area contributed by atoms with Crippen LogP contribution in [0.15, 0.2) is 60.7 Å². The Hall–Kier alpha value is -4.14. The molecule has 0 radical (unpaired) electrons. The molecule has 190 valence electrons. The van der Waals surface area contributed by atoms with Crippen LogP contribution in [-0.2, 0) is 22.7 Å². The maximum absolute atomic E-state index is 13.7. The van der Waals surface area contributed by atoms with Gasteiger partial charge in [-0.2, -0.15) is 0 Å². The first-order chi connectivity index (χ1) is 17.2. The second-order valence-corrected chi connectivity index (χ2v) is 8.28. The first-order valence-corrected chi connectivity index (χ1v) is 11.2. The normalized spacial score (nSPS) is 10.7. The zero-order valence-electron chi connectivity index (χ0n) is 20.2. The van der Waals surface area contributed by atoms with Crippen LogP contribution in [0, 0.1) is 11.6 Å². The predicted octanol–water partition coefficient (Wildman–Crippen LogP) is 5.65. The number of benzene rings is 3. The zero-order valence-corrected chi connectivity index (χ0v) is 20.2. The van der Waals surface area contributed by atoms with Crippen LogP contribution in [0.1, 0.15) is 25.0 Å². The second-order valence-electron chi connectivity index (χ2n) is 8.28. The molecule has 7 nitrogen and oxygen atoms in total. The van der Waals surface area contributed by atoms with E-state index in [1.165, 1.54) is 7.11 Å². The lowest BCUT2D eigenvalue weighted by atomic mass is 10.0. The molecule has 0 bridgehead atoms. The highest BCUT2D eigenvalue weighted by atomic mass is 19.2. The first kappa shape index (κ1) is 26.5. The molecule has 9 heteroatoms. The maximum atomic E-state index is 13.7.